The average Bonchev–Trinajstić information content (AvgIpc) is 3.05. The molecule has 0 fully saturated rings. The summed E-state index contributed by atoms with van der Waals surface area (Å²) in [7, 11) is 0. The zero-order valence-electron chi connectivity index (χ0n) is 23.5. The second-order valence-corrected chi connectivity index (χ2v) is 10.4. The Morgan fingerprint density at radius 2 is 0.581 bits per heavy atom. The van der Waals surface area contributed by atoms with Crippen LogP contribution in [0.5, 0.6) is 11.5 Å². The van der Waals surface area contributed by atoms with Gasteiger partial charge < -0.3 is 10.2 Å². The smallest absolute Gasteiger partial charge is 0.872 e. The molecule has 0 aromatic heterocycles. The van der Waals surface area contributed by atoms with Crippen molar-refractivity contribution in [2.45, 2.75) is 0 Å². The van der Waals surface area contributed by atoms with E-state index in [1.54, 1.807) is 12.1 Å². The Morgan fingerprint density at radius 1 is 0.279 bits per heavy atom. The third-order valence-electron chi connectivity index (χ3n) is 7.90. The Morgan fingerprint density at radius 3 is 0.977 bits per heavy atom. The van der Waals surface area contributed by atoms with E-state index in [0.717, 1.165) is 65.3 Å². The number of rotatable bonds is 2. The second kappa shape index (κ2) is 12.2. The quantitative estimate of drug-likeness (QED) is 0.197. The Kier molecular flexibility index (Phi) is 8.02. The maximum atomic E-state index is 12.5. The number of hydrogen-bond donors (Lipinski definition) is 0. The minimum atomic E-state index is 0. The molecule has 0 N–H and O–H groups in total. The summed E-state index contributed by atoms with van der Waals surface area (Å²) in [5, 5.41) is 33.7. The predicted octanol–water partition coefficient (Wildman–Crippen LogP) is 9.09. The Balaban J connectivity index is 0.000000150. The summed E-state index contributed by atoms with van der Waals surface area (Å²) in [6.07, 6.45) is 0. The van der Waals surface area contributed by atoms with E-state index in [9.17, 15) is 10.2 Å². The van der Waals surface area contributed by atoms with Crippen molar-refractivity contribution in [3.63, 3.8) is 0 Å². The van der Waals surface area contributed by atoms with Gasteiger partial charge in [-0.25, -0.2) is 0 Å². The molecule has 0 atom stereocenters. The van der Waals surface area contributed by atoms with E-state index < -0.39 is 0 Å². The molecular formula is C40H26MgO2. The van der Waals surface area contributed by atoms with Crippen LogP contribution in [-0.2, 0) is 0 Å². The molecule has 8 rings (SSSR count). The van der Waals surface area contributed by atoms with E-state index in [2.05, 4.69) is 36.4 Å². The van der Waals surface area contributed by atoms with Crippen LogP contribution in [0.3, 0.4) is 0 Å². The van der Waals surface area contributed by atoms with E-state index in [0.29, 0.717) is 0 Å². The van der Waals surface area contributed by atoms with Gasteiger partial charge in [-0.05, 0) is 65.3 Å². The zero-order chi connectivity index (χ0) is 28.5. The van der Waals surface area contributed by atoms with Crippen molar-refractivity contribution in [1.82, 2.24) is 0 Å². The van der Waals surface area contributed by atoms with Crippen molar-refractivity contribution in [1.29, 1.82) is 0 Å². The molecule has 0 radical (unpaired) electrons. The van der Waals surface area contributed by atoms with Crippen molar-refractivity contribution in [3.05, 3.63) is 158 Å². The minimum absolute atomic E-state index is 0. The van der Waals surface area contributed by atoms with Gasteiger partial charge in [0.15, 0.2) is 0 Å². The van der Waals surface area contributed by atoms with E-state index >= 15 is 0 Å². The van der Waals surface area contributed by atoms with Crippen LogP contribution in [0, 0.1) is 0 Å². The number of fused-ring (bicyclic) bond motifs is 4. The zero-order valence-corrected chi connectivity index (χ0v) is 24.9. The van der Waals surface area contributed by atoms with Crippen LogP contribution in [0.25, 0.3) is 65.3 Å². The average molecular weight is 563 g/mol. The molecule has 43 heavy (non-hydrogen) atoms. The van der Waals surface area contributed by atoms with E-state index in [4.69, 9.17) is 0 Å². The van der Waals surface area contributed by atoms with Crippen LogP contribution < -0.4 is 10.2 Å². The van der Waals surface area contributed by atoms with E-state index in [-0.39, 0.29) is 34.6 Å². The van der Waals surface area contributed by atoms with E-state index in [1.807, 2.05) is 109 Å². The first-order chi connectivity index (χ1) is 20.7. The van der Waals surface area contributed by atoms with Crippen molar-refractivity contribution >= 4 is 66.1 Å². The molecule has 0 aliphatic heterocycles. The van der Waals surface area contributed by atoms with Gasteiger partial charge in [-0.3, -0.25) is 0 Å². The van der Waals surface area contributed by atoms with E-state index in [1.165, 1.54) is 0 Å². The van der Waals surface area contributed by atoms with Crippen molar-refractivity contribution in [2.75, 3.05) is 0 Å². The monoisotopic (exact) mass is 562 g/mol. The van der Waals surface area contributed by atoms with Crippen LogP contribution in [0.2, 0.25) is 0 Å². The molecule has 8 aromatic rings. The Hall–Kier alpha value is -4.83. The molecule has 0 spiro atoms. The summed E-state index contributed by atoms with van der Waals surface area (Å²) in [4.78, 5) is 0. The van der Waals surface area contributed by atoms with Crippen LogP contribution in [0.4, 0.5) is 0 Å². The van der Waals surface area contributed by atoms with Crippen LogP contribution in [0.1, 0.15) is 0 Å². The molecule has 0 unspecified atom stereocenters. The fourth-order valence-corrected chi connectivity index (χ4v) is 5.95. The second-order valence-electron chi connectivity index (χ2n) is 10.4. The largest absolute Gasteiger partial charge is 2.00 e. The van der Waals surface area contributed by atoms with Gasteiger partial charge in [0.25, 0.3) is 0 Å². The first-order valence-corrected chi connectivity index (χ1v) is 14.0. The fourth-order valence-electron chi connectivity index (χ4n) is 5.95. The van der Waals surface area contributed by atoms with Crippen LogP contribution in [0.15, 0.2) is 158 Å². The fraction of sp³-hybridized carbons (Fsp3) is 0. The van der Waals surface area contributed by atoms with Crippen molar-refractivity contribution < 1.29 is 10.2 Å². The molecule has 8 aromatic carbocycles. The maximum Gasteiger partial charge on any atom is 2.00 e. The normalized spacial score (nSPS) is 10.8. The third-order valence-corrected chi connectivity index (χ3v) is 7.90. The van der Waals surface area contributed by atoms with Crippen molar-refractivity contribution in [2.24, 2.45) is 0 Å². The SMILES string of the molecule is [Mg+2].[O-]c1ccc2ccccc2c1-c1cccc2ccccc12.[O-]c1ccc2ccccc2c1-c1cccc2ccccc12. The maximum absolute atomic E-state index is 12.5. The van der Waals surface area contributed by atoms with Gasteiger partial charge >= 0.3 is 23.1 Å². The summed E-state index contributed by atoms with van der Waals surface area (Å²) in [5.74, 6) is 0.148. The van der Waals surface area contributed by atoms with Crippen LogP contribution in [-0.4, -0.2) is 23.1 Å². The summed E-state index contributed by atoms with van der Waals surface area (Å²) in [6.45, 7) is 0. The summed E-state index contributed by atoms with van der Waals surface area (Å²) >= 11 is 0. The van der Waals surface area contributed by atoms with Gasteiger partial charge in [-0.15, -0.1) is 11.5 Å². The summed E-state index contributed by atoms with van der Waals surface area (Å²) in [6, 6.07) is 51.8. The molecule has 2 nitrogen and oxygen atoms in total. The molecule has 0 aliphatic rings. The summed E-state index contributed by atoms with van der Waals surface area (Å²) < 4.78 is 0. The van der Waals surface area contributed by atoms with Gasteiger partial charge in [-0.2, -0.15) is 0 Å². The molecule has 0 heterocycles. The molecule has 200 valence electrons. The standard InChI is InChI=1S/2C20H14O.Mg/c2*21-19-13-12-15-7-2-4-10-17(15)20(19)18-11-5-8-14-6-1-3-9-16(14)18;/h2*1-13,21H;/q;;+2/p-2. The van der Waals surface area contributed by atoms with Gasteiger partial charge in [0.05, 0.1) is 0 Å². The van der Waals surface area contributed by atoms with Crippen molar-refractivity contribution in [3.8, 4) is 33.8 Å². The Bertz CT molecular complexity index is 2060. The first kappa shape index (κ1) is 28.3. The number of benzene rings is 8. The Labute approximate surface area is 266 Å². The van der Waals surface area contributed by atoms with Gasteiger partial charge in [0.2, 0.25) is 0 Å². The minimum Gasteiger partial charge on any atom is -0.872 e. The molecule has 0 saturated carbocycles. The molecule has 3 heteroatoms. The topological polar surface area (TPSA) is 46.1 Å². The summed E-state index contributed by atoms with van der Waals surface area (Å²) in [5.41, 5.74) is 3.61. The molecule has 0 bridgehead atoms. The van der Waals surface area contributed by atoms with Gasteiger partial charge in [-0.1, -0.05) is 158 Å². The van der Waals surface area contributed by atoms with Crippen LogP contribution >= 0.6 is 0 Å². The van der Waals surface area contributed by atoms with Gasteiger partial charge in [0.1, 0.15) is 0 Å². The third kappa shape index (κ3) is 5.30. The van der Waals surface area contributed by atoms with Gasteiger partial charge in [0, 0.05) is 0 Å². The number of hydrogen-bond acceptors (Lipinski definition) is 2. The molecular weight excluding hydrogens is 537 g/mol. The molecule has 0 saturated heterocycles. The molecule has 0 amide bonds. The molecule has 0 aliphatic carbocycles. The first-order valence-electron chi connectivity index (χ1n) is 14.0. The predicted molar refractivity (Wildman–Crippen MR) is 178 cm³/mol.